The summed E-state index contributed by atoms with van der Waals surface area (Å²) in [7, 11) is 6.25. The Morgan fingerprint density at radius 2 is 1.66 bits per heavy atom. The number of fused-ring (bicyclic) bond motifs is 3. The summed E-state index contributed by atoms with van der Waals surface area (Å²) in [6.07, 6.45) is 1.85. The Morgan fingerprint density at radius 3 is 2.34 bits per heavy atom. The number of hydrogen-bond acceptors (Lipinski definition) is 5. The van der Waals surface area contributed by atoms with Crippen LogP contribution in [0.3, 0.4) is 0 Å². The highest BCUT2D eigenvalue weighted by Gasteiger charge is 2.23. The predicted octanol–water partition coefficient (Wildman–Crippen LogP) is 2.36. The van der Waals surface area contributed by atoms with Gasteiger partial charge < -0.3 is 9.47 Å². The van der Waals surface area contributed by atoms with Crippen molar-refractivity contribution >= 4 is 16.9 Å². The van der Waals surface area contributed by atoms with Gasteiger partial charge in [-0.1, -0.05) is 30.3 Å². The summed E-state index contributed by atoms with van der Waals surface area (Å²) < 4.78 is 17.2. The second-order valence-corrected chi connectivity index (χ2v) is 7.41. The molecule has 0 radical (unpaired) electrons. The molecule has 0 unspecified atom stereocenters. The number of nitrogens with zero attached hydrogens (tertiary/aromatic N) is 5. The van der Waals surface area contributed by atoms with Crippen molar-refractivity contribution in [1.82, 2.24) is 23.1 Å². The van der Waals surface area contributed by atoms with Gasteiger partial charge in [0.15, 0.2) is 11.2 Å². The van der Waals surface area contributed by atoms with Crippen molar-refractivity contribution in [2.75, 3.05) is 14.2 Å². The summed E-state index contributed by atoms with van der Waals surface area (Å²) in [4.78, 5) is 30.2. The molecule has 0 atom stereocenters. The SMILES string of the molecule is COc1ccc(OC)c(-n2c(-c3ccccc3)cn3c4c(=O)n(C)c(=O)n(C)c4nc23)c1. The van der Waals surface area contributed by atoms with Gasteiger partial charge >= 0.3 is 5.69 Å². The van der Waals surface area contributed by atoms with E-state index in [4.69, 9.17) is 14.5 Å². The molecule has 0 saturated heterocycles. The van der Waals surface area contributed by atoms with Gasteiger partial charge in [0.2, 0.25) is 5.78 Å². The largest absolute Gasteiger partial charge is 0.497 e. The first-order valence-electron chi connectivity index (χ1n) is 9.93. The van der Waals surface area contributed by atoms with E-state index in [1.165, 1.54) is 11.6 Å². The number of imidazole rings is 2. The van der Waals surface area contributed by atoms with Crippen LogP contribution in [0.4, 0.5) is 0 Å². The zero-order chi connectivity index (χ0) is 22.6. The van der Waals surface area contributed by atoms with E-state index < -0.39 is 11.2 Å². The average Bonchev–Trinajstić information content (AvgIpc) is 3.38. The third-order valence-corrected chi connectivity index (χ3v) is 5.66. The van der Waals surface area contributed by atoms with Crippen LogP contribution in [0.1, 0.15) is 0 Å². The van der Waals surface area contributed by atoms with Crippen molar-refractivity contribution in [2.45, 2.75) is 0 Å². The Morgan fingerprint density at radius 1 is 0.906 bits per heavy atom. The third-order valence-electron chi connectivity index (χ3n) is 5.66. The van der Waals surface area contributed by atoms with Crippen LogP contribution in [-0.4, -0.2) is 37.3 Å². The fraction of sp³-hybridized carbons (Fsp3) is 0.174. The molecule has 0 saturated carbocycles. The topological polar surface area (TPSA) is 84.7 Å². The molecule has 2 aromatic carbocycles. The lowest BCUT2D eigenvalue weighted by molar-refractivity contribution is 0.402. The molecule has 9 nitrogen and oxygen atoms in total. The zero-order valence-corrected chi connectivity index (χ0v) is 18.1. The molecule has 3 aromatic heterocycles. The highest BCUT2D eigenvalue weighted by molar-refractivity contribution is 5.80. The maximum Gasteiger partial charge on any atom is 0.332 e. The van der Waals surface area contributed by atoms with Crippen molar-refractivity contribution in [1.29, 1.82) is 0 Å². The van der Waals surface area contributed by atoms with Crippen molar-refractivity contribution in [2.24, 2.45) is 14.1 Å². The van der Waals surface area contributed by atoms with Crippen LogP contribution in [0.2, 0.25) is 0 Å². The van der Waals surface area contributed by atoms with E-state index in [1.54, 1.807) is 25.7 Å². The molecule has 32 heavy (non-hydrogen) atoms. The number of aryl methyl sites for hydroxylation is 1. The molecule has 9 heteroatoms. The van der Waals surface area contributed by atoms with Crippen LogP contribution in [0.15, 0.2) is 64.3 Å². The number of benzene rings is 2. The molecular formula is C23H21N5O4. The molecule has 162 valence electrons. The molecule has 0 N–H and O–H groups in total. The molecular weight excluding hydrogens is 410 g/mol. The smallest absolute Gasteiger partial charge is 0.332 e. The highest BCUT2D eigenvalue weighted by atomic mass is 16.5. The standard InChI is InChI=1S/C23H21N5O4/c1-25-20-19(21(29)26(2)23(25)30)27-13-17(14-8-6-5-7-9-14)28(22(27)24-20)16-12-15(31-3)10-11-18(16)32-4/h5-13H,1-4H3. The van der Waals surface area contributed by atoms with Gasteiger partial charge in [0.25, 0.3) is 5.56 Å². The number of rotatable bonds is 4. The molecule has 0 aliphatic carbocycles. The van der Waals surface area contributed by atoms with E-state index >= 15 is 0 Å². The Labute approximate surface area is 182 Å². The average molecular weight is 431 g/mol. The summed E-state index contributed by atoms with van der Waals surface area (Å²) in [6.45, 7) is 0. The normalized spacial score (nSPS) is 11.4. The number of aromatic nitrogens is 5. The van der Waals surface area contributed by atoms with Crippen molar-refractivity contribution in [3.63, 3.8) is 0 Å². The second-order valence-electron chi connectivity index (χ2n) is 7.41. The molecule has 5 rings (SSSR count). The molecule has 0 bridgehead atoms. The van der Waals surface area contributed by atoms with Crippen LogP contribution in [0.25, 0.3) is 33.9 Å². The van der Waals surface area contributed by atoms with Crippen LogP contribution in [-0.2, 0) is 14.1 Å². The van der Waals surface area contributed by atoms with Crippen LogP contribution in [0, 0.1) is 0 Å². The molecule has 0 amide bonds. The molecule has 0 spiro atoms. The van der Waals surface area contributed by atoms with Crippen molar-refractivity contribution in [3.05, 3.63) is 75.6 Å². The lowest BCUT2D eigenvalue weighted by Crippen LogP contribution is -2.37. The lowest BCUT2D eigenvalue weighted by atomic mass is 10.1. The first-order valence-corrected chi connectivity index (χ1v) is 9.93. The van der Waals surface area contributed by atoms with Crippen LogP contribution >= 0.6 is 0 Å². The van der Waals surface area contributed by atoms with E-state index in [1.807, 2.05) is 59.3 Å². The van der Waals surface area contributed by atoms with Gasteiger partial charge in [0.05, 0.1) is 25.6 Å². The monoisotopic (exact) mass is 431 g/mol. The van der Waals surface area contributed by atoms with Gasteiger partial charge in [-0.25, -0.2) is 4.79 Å². The summed E-state index contributed by atoms with van der Waals surface area (Å²) in [5.41, 5.74) is 2.21. The maximum atomic E-state index is 13.0. The Hall–Kier alpha value is -4.27. The minimum atomic E-state index is -0.433. The Kier molecular flexibility index (Phi) is 4.40. The summed E-state index contributed by atoms with van der Waals surface area (Å²) in [5, 5.41) is 0. The number of hydrogen-bond donors (Lipinski definition) is 0. The summed E-state index contributed by atoms with van der Waals surface area (Å²) >= 11 is 0. The van der Waals surface area contributed by atoms with Crippen molar-refractivity contribution < 1.29 is 9.47 Å². The molecule has 0 aliphatic heterocycles. The van der Waals surface area contributed by atoms with E-state index in [0.717, 1.165) is 15.8 Å². The fourth-order valence-corrected chi connectivity index (χ4v) is 3.99. The summed E-state index contributed by atoms with van der Waals surface area (Å²) in [6, 6.07) is 15.3. The van der Waals surface area contributed by atoms with Crippen molar-refractivity contribution in [3.8, 4) is 28.4 Å². The quantitative estimate of drug-likeness (QED) is 0.436. The highest BCUT2D eigenvalue weighted by Crippen LogP contribution is 2.35. The number of ether oxygens (including phenoxy) is 2. The van der Waals surface area contributed by atoms with E-state index in [0.29, 0.717) is 34.1 Å². The lowest BCUT2D eigenvalue weighted by Gasteiger charge is -2.14. The molecule has 3 heterocycles. The number of methoxy groups -OCH3 is 2. The van der Waals surface area contributed by atoms with Gasteiger partial charge in [-0.05, 0) is 12.1 Å². The Bertz CT molecular complexity index is 1610. The third kappa shape index (κ3) is 2.67. The second kappa shape index (κ2) is 7.16. The van der Waals surface area contributed by atoms with Crippen LogP contribution < -0.4 is 20.7 Å². The Balaban J connectivity index is 1.99. The first kappa shape index (κ1) is 19.7. The molecule has 0 fully saturated rings. The van der Waals surface area contributed by atoms with Gasteiger partial charge in [-0.2, -0.15) is 4.98 Å². The van der Waals surface area contributed by atoms with Gasteiger partial charge in [0.1, 0.15) is 11.5 Å². The van der Waals surface area contributed by atoms with E-state index in [2.05, 4.69) is 0 Å². The molecule has 0 aliphatic rings. The van der Waals surface area contributed by atoms with Gasteiger partial charge in [-0.3, -0.25) is 22.9 Å². The first-order chi connectivity index (χ1) is 15.5. The van der Waals surface area contributed by atoms with E-state index in [9.17, 15) is 9.59 Å². The van der Waals surface area contributed by atoms with Gasteiger partial charge in [-0.15, -0.1) is 0 Å². The van der Waals surface area contributed by atoms with Gasteiger partial charge in [0, 0.05) is 31.9 Å². The zero-order valence-electron chi connectivity index (χ0n) is 18.1. The van der Waals surface area contributed by atoms with Crippen LogP contribution in [0.5, 0.6) is 11.5 Å². The molecule has 5 aromatic rings. The minimum absolute atomic E-state index is 0.309. The fourth-order valence-electron chi connectivity index (χ4n) is 3.99. The van der Waals surface area contributed by atoms with E-state index in [-0.39, 0.29) is 0 Å². The minimum Gasteiger partial charge on any atom is -0.497 e. The summed E-state index contributed by atoms with van der Waals surface area (Å²) in [5.74, 6) is 1.73. The maximum absolute atomic E-state index is 13.0. The predicted molar refractivity (Wildman–Crippen MR) is 121 cm³/mol.